The summed E-state index contributed by atoms with van der Waals surface area (Å²) in [4.78, 5) is 6.06. The Morgan fingerprint density at radius 3 is 3.09 bits per heavy atom. The van der Waals surface area contributed by atoms with Crippen molar-refractivity contribution in [3.05, 3.63) is 36.0 Å². The third-order valence-corrected chi connectivity index (χ3v) is 5.86. The van der Waals surface area contributed by atoms with Gasteiger partial charge >= 0.3 is 0 Å². The number of piperidine rings is 1. The summed E-state index contributed by atoms with van der Waals surface area (Å²) in [5, 5.41) is 1.32. The zero-order chi connectivity index (χ0) is 15.0. The monoisotopic (exact) mass is 298 g/mol. The molecule has 118 valence electrons. The van der Waals surface area contributed by atoms with Crippen molar-refractivity contribution in [2.24, 2.45) is 5.41 Å². The van der Waals surface area contributed by atoms with Gasteiger partial charge in [-0.1, -0.05) is 24.6 Å². The van der Waals surface area contributed by atoms with Crippen molar-refractivity contribution < 1.29 is 4.74 Å². The van der Waals surface area contributed by atoms with Crippen LogP contribution in [-0.4, -0.2) is 36.2 Å². The number of nitrogens with one attached hydrogen (secondary N) is 1. The third kappa shape index (κ3) is 2.37. The van der Waals surface area contributed by atoms with Gasteiger partial charge < -0.3 is 9.72 Å². The standard InChI is InChI=1S/C19H26N2O/c1-22-17-7-3-9-19(17)10-4-12-21(14-19)13-16-6-2-5-15-8-11-20-18(15)16/h2,5-6,8,11,17,20H,3-4,7,9-10,12-14H2,1H3/t17-,19+/m1/s1. The number of fused-ring (bicyclic) bond motifs is 1. The number of hydrogen-bond acceptors (Lipinski definition) is 2. The van der Waals surface area contributed by atoms with Crippen molar-refractivity contribution in [3.8, 4) is 0 Å². The second-order valence-electron chi connectivity index (χ2n) is 7.15. The SMILES string of the molecule is CO[C@@H]1CCC[C@@]12CCCN(Cc1cccc3cc[nH]c13)C2. The fourth-order valence-electron chi connectivity index (χ4n) is 4.86. The summed E-state index contributed by atoms with van der Waals surface area (Å²) in [7, 11) is 1.90. The first kappa shape index (κ1) is 14.3. The molecule has 0 amide bonds. The second-order valence-corrected chi connectivity index (χ2v) is 7.15. The molecule has 0 unspecified atom stereocenters. The number of ether oxygens (including phenoxy) is 1. The molecule has 1 aliphatic heterocycles. The Balaban J connectivity index is 1.55. The number of aromatic nitrogens is 1. The van der Waals surface area contributed by atoms with E-state index in [1.165, 1.54) is 61.7 Å². The van der Waals surface area contributed by atoms with Crippen LogP contribution in [0.1, 0.15) is 37.7 Å². The molecule has 1 aliphatic carbocycles. The molecule has 3 nitrogen and oxygen atoms in total. The highest BCUT2D eigenvalue weighted by Crippen LogP contribution is 2.46. The van der Waals surface area contributed by atoms with Crippen LogP contribution in [0.25, 0.3) is 10.9 Å². The molecule has 2 fully saturated rings. The van der Waals surface area contributed by atoms with Crippen molar-refractivity contribution in [2.75, 3.05) is 20.2 Å². The van der Waals surface area contributed by atoms with Gasteiger partial charge in [-0.05, 0) is 49.2 Å². The normalized spacial score (nSPS) is 29.6. The van der Waals surface area contributed by atoms with Gasteiger partial charge in [0.25, 0.3) is 0 Å². The predicted octanol–water partition coefficient (Wildman–Crippen LogP) is 3.95. The maximum atomic E-state index is 5.83. The van der Waals surface area contributed by atoms with Crippen LogP contribution in [0.2, 0.25) is 0 Å². The number of H-pyrrole nitrogens is 1. The van der Waals surface area contributed by atoms with Gasteiger partial charge in [0.15, 0.2) is 0 Å². The van der Waals surface area contributed by atoms with Gasteiger partial charge in [0.1, 0.15) is 0 Å². The molecule has 0 bridgehead atoms. The van der Waals surface area contributed by atoms with Crippen LogP contribution in [0.3, 0.4) is 0 Å². The summed E-state index contributed by atoms with van der Waals surface area (Å²) in [6.45, 7) is 3.47. The van der Waals surface area contributed by atoms with Gasteiger partial charge in [-0.25, -0.2) is 0 Å². The van der Waals surface area contributed by atoms with Crippen molar-refractivity contribution in [2.45, 2.75) is 44.8 Å². The minimum absolute atomic E-state index is 0.413. The zero-order valence-corrected chi connectivity index (χ0v) is 13.5. The smallest absolute Gasteiger partial charge is 0.0639 e. The van der Waals surface area contributed by atoms with E-state index < -0.39 is 0 Å². The molecule has 1 N–H and O–H groups in total. The Kier molecular flexibility index (Phi) is 3.71. The average Bonchev–Trinajstić information content (AvgIpc) is 3.15. The quantitative estimate of drug-likeness (QED) is 0.929. The molecular formula is C19H26N2O. The lowest BCUT2D eigenvalue weighted by Crippen LogP contribution is -2.47. The molecule has 1 aromatic heterocycles. The molecule has 2 aromatic rings. The van der Waals surface area contributed by atoms with E-state index in [2.05, 4.69) is 34.1 Å². The summed E-state index contributed by atoms with van der Waals surface area (Å²) >= 11 is 0. The largest absolute Gasteiger partial charge is 0.381 e. The van der Waals surface area contributed by atoms with Crippen LogP contribution >= 0.6 is 0 Å². The lowest BCUT2D eigenvalue weighted by molar-refractivity contribution is -0.0365. The first-order chi connectivity index (χ1) is 10.8. The van der Waals surface area contributed by atoms with Gasteiger partial charge in [0.2, 0.25) is 0 Å². The number of methoxy groups -OCH3 is 1. The van der Waals surface area contributed by atoms with Crippen LogP contribution < -0.4 is 0 Å². The third-order valence-electron chi connectivity index (χ3n) is 5.86. The molecule has 4 rings (SSSR count). The number of aromatic amines is 1. The lowest BCUT2D eigenvalue weighted by atomic mass is 9.76. The Morgan fingerprint density at radius 2 is 2.18 bits per heavy atom. The number of benzene rings is 1. The first-order valence-electron chi connectivity index (χ1n) is 8.61. The number of nitrogens with zero attached hydrogens (tertiary/aromatic N) is 1. The van der Waals surface area contributed by atoms with E-state index in [1.54, 1.807) is 0 Å². The topological polar surface area (TPSA) is 28.3 Å². The Morgan fingerprint density at radius 1 is 1.27 bits per heavy atom. The number of likely N-dealkylation sites (tertiary alicyclic amines) is 1. The van der Waals surface area contributed by atoms with Gasteiger partial charge in [-0.2, -0.15) is 0 Å². The van der Waals surface area contributed by atoms with Crippen LogP contribution in [-0.2, 0) is 11.3 Å². The molecular weight excluding hydrogens is 272 g/mol. The zero-order valence-electron chi connectivity index (χ0n) is 13.5. The first-order valence-corrected chi connectivity index (χ1v) is 8.61. The Hall–Kier alpha value is -1.32. The number of hydrogen-bond donors (Lipinski definition) is 1. The minimum Gasteiger partial charge on any atom is -0.381 e. The number of rotatable bonds is 3. The highest BCUT2D eigenvalue weighted by Gasteiger charge is 2.45. The van der Waals surface area contributed by atoms with E-state index in [1.807, 2.05) is 13.3 Å². The molecule has 2 atom stereocenters. The number of para-hydroxylation sites is 1. The van der Waals surface area contributed by atoms with Crippen molar-refractivity contribution in [1.29, 1.82) is 0 Å². The van der Waals surface area contributed by atoms with Crippen LogP contribution in [0.15, 0.2) is 30.5 Å². The molecule has 1 spiro atoms. The molecule has 0 radical (unpaired) electrons. The Labute approximate surface area is 132 Å². The molecule has 1 saturated heterocycles. The predicted molar refractivity (Wildman–Crippen MR) is 89.9 cm³/mol. The molecule has 3 heteroatoms. The van der Waals surface area contributed by atoms with Crippen LogP contribution in [0.5, 0.6) is 0 Å². The molecule has 2 aliphatic rings. The fraction of sp³-hybridized carbons (Fsp3) is 0.579. The van der Waals surface area contributed by atoms with E-state index in [-0.39, 0.29) is 0 Å². The maximum Gasteiger partial charge on any atom is 0.0639 e. The van der Waals surface area contributed by atoms with E-state index in [9.17, 15) is 0 Å². The minimum atomic E-state index is 0.413. The molecule has 2 heterocycles. The Bertz CT molecular complexity index is 650. The molecule has 1 aromatic carbocycles. The highest BCUT2D eigenvalue weighted by atomic mass is 16.5. The van der Waals surface area contributed by atoms with Crippen molar-refractivity contribution in [1.82, 2.24) is 9.88 Å². The van der Waals surface area contributed by atoms with Crippen molar-refractivity contribution >= 4 is 10.9 Å². The van der Waals surface area contributed by atoms with Gasteiger partial charge in [-0.3, -0.25) is 4.90 Å². The van der Waals surface area contributed by atoms with E-state index in [4.69, 9.17) is 4.74 Å². The van der Waals surface area contributed by atoms with E-state index in [0.29, 0.717) is 11.5 Å². The summed E-state index contributed by atoms with van der Waals surface area (Å²) in [5.74, 6) is 0. The maximum absolute atomic E-state index is 5.83. The summed E-state index contributed by atoms with van der Waals surface area (Å²) in [6.07, 6.45) is 9.08. The summed E-state index contributed by atoms with van der Waals surface area (Å²) in [6, 6.07) is 8.79. The van der Waals surface area contributed by atoms with Crippen molar-refractivity contribution in [3.63, 3.8) is 0 Å². The van der Waals surface area contributed by atoms with Crippen LogP contribution in [0.4, 0.5) is 0 Å². The average molecular weight is 298 g/mol. The van der Waals surface area contributed by atoms with Gasteiger partial charge in [0.05, 0.1) is 6.10 Å². The fourth-order valence-corrected chi connectivity index (χ4v) is 4.86. The van der Waals surface area contributed by atoms with E-state index >= 15 is 0 Å². The van der Waals surface area contributed by atoms with Gasteiger partial charge in [0, 0.05) is 37.3 Å². The second kappa shape index (κ2) is 5.71. The molecule has 1 saturated carbocycles. The lowest BCUT2D eigenvalue weighted by Gasteiger charge is -2.43. The summed E-state index contributed by atoms with van der Waals surface area (Å²) < 4.78 is 5.83. The molecule has 22 heavy (non-hydrogen) atoms. The van der Waals surface area contributed by atoms with Crippen LogP contribution in [0, 0.1) is 5.41 Å². The van der Waals surface area contributed by atoms with E-state index in [0.717, 1.165) is 6.54 Å². The van der Waals surface area contributed by atoms with Gasteiger partial charge in [-0.15, -0.1) is 0 Å². The highest BCUT2D eigenvalue weighted by molar-refractivity contribution is 5.82. The summed E-state index contributed by atoms with van der Waals surface area (Å²) in [5.41, 5.74) is 3.14.